The minimum atomic E-state index is 0.0171. The number of allylic oxidation sites excluding steroid dienone is 1. The molecule has 0 atom stereocenters. The largest absolute Gasteiger partial charge is 0.310 e. The molecule has 4 aromatic carbocycles. The van der Waals surface area contributed by atoms with Crippen molar-refractivity contribution >= 4 is 45.0 Å². The maximum absolute atomic E-state index is 2.52. The molecule has 1 aromatic heterocycles. The molecule has 0 unspecified atom stereocenters. The van der Waals surface area contributed by atoms with E-state index in [1.54, 1.807) is 5.47 Å². The number of rotatable bonds is 0. The summed E-state index contributed by atoms with van der Waals surface area (Å²) in [6, 6.07) is 31.8. The van der Waals surface area contributed by atoms with Gasteiger partial charge in [0.05, 0.1) is 5.52 Å². The summed E-state index contributed by atoms with van der Waals surface area (Å²) < 4.78 is 2.52. The van der Waals surface area contributed by atoms with Crippen LogP contribution >= 0.6 is 0 Å². The van der Waals surface area contributed by atoms with E-state index >= 15 is 0 Å². The molecule has 2 heteroatoms. The minimum Gasteiger partial charge on any atom is -0.310 e. The molecule has 8 rings (SSSR count). The second-order valence-corrected chi connectivity index (χ2v) is 9.73. The lowest BCUT2D eigenvalue weighted by Gasteiger charge is -2.32. The van der Waals surface area contributed by atoms with E-state index < -0.39 is 0 Å². The molecule has 0 spiro atoms. The molecule has 0 saturated heterocycles. The maximum Gasteiger partial charge on any atom is 0.244 e. The van der Waals surface area contributed by atoms with Crippen LogP contribution in [0, 0.1) is 0 Å². The van der Waals surface area contributed by atoms with Crippen LogP contribution in [-0.4, -0.2) is 11.3 Å². The summed E-state index contributed by atoms with van der Waals surface area (Å²) in [4.78, 5) is 0. The molecule has 144 valence electrons. The summed E-state index contributed by atoms with van der Waals surface area (Å²) in [7, 11) is 0. The zero-order valence-electron chi connectivity index (χ0n) is 17.6. The van der Waals surface area contributed by atoms with Crippen LogP contribution < -0.4 is 10.9 Å². The van der Waals surface area contributed by atoms with Crippen LogP contribution in [-0.2, 0) is 5.41 Å². The van der Waals surface area contributed by atoms with Gasteiger partial charge in [0, 0.05) is 27.4 Å². The van der Waals surface area contributed by atoms with Gasteiger partial charge in [-0.1, -0.05) is 92.1 Å². The van der Waals surface area contributed by atoms with Crippen molar-refractivity contribution in [3.8, 4) is 5.69 Å². The number of para-hydroxylation sites is 2. The van der Waals surface area contributed by atoms with Gasteiger partial charge in [0.2, 0.25) is 6.71 Å². The van der Waals surface area contributed by atoms with Crippen molar-refractivity contribution in [2.75, 3.05) is 0 Å². The Balaban J connectivity index is 1.63. The molecule has 0 amide bonds. The molecule has 3 aliphatic rings. The normalized spacial score (nSPS) is 16.8. The highest BCUT2D eigenvalue weighted by Crippen LogP contribution is 2.53. The molecule has 1 nitrogen and oxygen atoms in total. The molecule has 0 radical (unpaired) electrons. The molecular weight excluding hydrogens is 373 g/mol. The molecule has 3 heterocycles. The highest BCUT2D eigenvalue weighted by atomic mass is 15.0. The number of hydrogen-bond donors (Lipinski definition) is 0. The van der Waals surface area contributed by atoms with Crippen molar-refractivity contribution in [1.29, 1.82) is 0 Å². The Morgan fingerprint density at radius 3 is 2.42 bits per heavy atom. The van der Waals surface area contributed by atoms with Crippen molar-refractivity contribution in [1.82, 2.24) is 4.57 Å². The molecule has 0 bridgehead atoms. The second-order valence-electron chi connectivity index (χ2n) is 9.73. The van der Waals surface area contributed by atoms with Gasteiger partial charge in [-0.3, -0.25) is 0 Å². The first-order valence-corrected chi connectivity index (χ1v) is 11.2. The second kappa shape index (κ2) is 5.03. The maximum atomic E-state index is 2.52. The monoisotopic (exact) mass is 393 g/mol. The van der Waals surface area contributed by atoms with Crippen LogP contribution in [0.1, 0.15) is 30.5 Å². The highest BCUT2D eigenvalue weighted by molar-refractivity contribution is 6.97. The summed E-state index contributed by atoms with van der Waals surface area (Å²) in [6.45, 7) is 5.16. The van der Waals surface area contributed by atoms with Gasteiger partial charge in [-0.05, 0) is 45.3 Å². The van der Waals surface area contributed by atoms with Gasteiger partial charge in [0.15, 0.2) is 0 Å². The Morgan fingerprint density at radius 2 is 1.48 bits per heavy atom. The number of fused-ring (bicyclic) bond motifs is 10. The molecule has 5 aromatic rings. The Labute approximate surface area is 181 Å². The van der Waals surface area contributed by atoms with Gasteiger partial charge >= 0.3 is 0 Å². The summed E-state index contributed by atoms with van der Waals surface area (Å²) in [6.07, 6.45) is 0. The zero-order valence-corrected chi connectivity index (χ0v) is 17.6. The molecule has 0 saturated carbocycles. The van der Waals surface area contributed by atoms with Gasteiger partial charge in [0.1, 0.15) is 0 Å². The highest BCUT2D eigenvalue weighted by Gasteiger charge is 2.51. The van der Waals surface area contributed by atoms with Crippen molar-refractivity contribution < 1.29 is 0 Å². The number of benzene rings is 4. The Bertz CT molecular complexity index is 1660. The lowest BCUT2D eigenvalue weighted by Crippen LogP contribution is -2.51. The Kier molecular flexibility index (Phi) is 2.63. The van der Waals surface area contributed by atoms with E-state index in [0.717, 1.165) is 0 Å². The third-order valence-electron chi connectivity index (χ3n) is 8.02. The average Bonchev–Trinajstić information content (AvgIpc) is 3.40. The van der Waals surface area contributed by atoms with Gasteiger partial charge in [-0.2, -0.15) is 0 Å². The molecule has 1 aliphatic carbocycles. The summed E-state index contributed by atoms with van der Waals surface area (Å²) in [5.41, 5.74) is 14.4. The molecule has 0 N–H and O–H groups in total. The van der Waals surface area contributed by atoms with E-state index in [9.17, 15) is 0 Å². The van der Waals surface area contributed by atoms with Gasteiger partial charge in [0.25, 0.3) is 0 Å². The fourth-order valence-electron chi connectivity index (χ4n) is 6.88. The van der Waals surface area contributed by atoms with Crippen LogP contribution in [0.5, 0.6) is 0 Å². The first-order chi connectivity index (χ1) is 15.2. The van der Waals surface area contributed by atoms with Gasteiger partial charge in [-0.25, -0.2) is 0 Å². The predicted molar refractivity (Wildman–Crippen MR) is 131 cm³/mol. The van der Waals surface area contributed by atoms with Crippen LogP contribution in [0.25, 0.3) is 33.1 Å². The standard InChI is InChI=1S/C29H20BN/c1-29(2)21-11-5-3-10-19(21)25-20-16-15-18-17-9-4-7-13-23(17)31-24-14-8-6-12-22(24)30(28(25)29)26(20)27(18)31/h3-16H,1-2H3. The van der Waals surface area contributed by atoms with E-state index in [2.05, 4.69) is 103 Å². The minimum absolute atomic E-state index is 0.0171. The Morgan fingerprint density at radius 1 is 0.710 bits per heavy atom. The van der Waals surface area contributed by atoms with Crippen molar-refractivity contribution in [2.45, 2.75) is 19.3 Å². The number of nitrogens with zero attached hydrogens (tertiary/aromatic N) is 1. The quantitative estimate of drug-likeness (QED) is 0.313. The fraction of sp³-hybridized carbons (Fsp3) is 0.103. The van der Waals surface area contributed by atoms with E-state index in [1.807, 2.05) is 0 Å². The zero-order chi connectivity index (χ0) is 20.5. The van der Waals surface area contributed by atoms with Crippen molar-refractivity contribution in [2.24, 2.45) is 0 Å². The summed E-state index contributed by atoms with van der Waals surface area (Å²) in [5.74, 6) is 0. The van der Waals surface area contributed by atoms with E-state index in [1.165, 1.54) is 60.7 Å². The first-order valence-electron chi connectivity index (χ1n) is 11.2. The summed E-state index contributed by atoms with van der Waals surface area (Å²) in [5, 5.41) is 2.73. The van der Waals surface area contributed by atoms with E-state index in [-0.39, 0.29) is 5.41 Å². The first kappa shape index (κ1) is 16.2. The van der Waals surface area contributed by atoms with E-state index in [4.69, 9.17) is 0 Å². The molecule has 2 aliphatic heterocycles. The fourth-order valence-corrected chi connectivity index (χ4v) is 6.88. The SMILES string of the molecule is CC1(C)C2=C(c3ccccc31)c1ccc3c4ccccc4n4c3c1B2c1ccccc1-4. The van der Waals surface area contributed by atoms with Crippen LogP contribution in [0.4, 0.5) is 0 Å². The number of hydrogen-bond acceptors (Lipinski definition) is 0. The smallest absolute Gasteiger partial charge is 0.244 e. The van der Waals surface area contributed by atoms with Gasteiger partial charge < -0.3 is 4.57 Å². The van der Waals surface area contributed by atoms with E-state index in [0.29, 0.717) is 6.71 Å². The van der Waals surface area contributed by atoms with Crippen molar-refractivity contribution in [3.63, 3.8) is 0 Å². The summed E-state index contributed by atoms with van der Waals surface area (Å²) >= 11 is 0. The predicted octanol–water partition coefficient (Wildman–Crippen LogP) is 5.35. The third-order valence-corrected chi connectivity index (χ3v) is 8.02. The molecule has 0 fully saturated rings. The van der Waals surface area contributed by atoms with Gasteiger partial charge in [-0.15, -0.1) is 0 Å². The van der Waals surface area contributed by atoms with Crippen LogP contribution in [0.2, 0.25) is 0 Å². The topological polar surface area (TPSA) is 4.93 Å². The molecular formula is C29H20BN. The van der Waals surface area contributed by atoms with Crippen molar-refractivity contribution in [3.05, 3.63) is 107 Å². The van der Waals surface area contributed by atoms with Crippen LogP contribution in [0.15, 0.2) is 90.4 Å². The Hall–Kier alpha value is -3.52. The average molecular weight is 393 g/mol. The molecule has 31 heavy (non-hydrogen) atoms. The van der Waals surface area contributed by atoms with Crippen LogP contribution in [0.3, 0.4) is 0 Å². The number of aromatic nitrogens is 1. The lowest BCUT2D eigenvalue weighted by molar-refractivity contribution is 0.667. The third kappa shape index (κ3) is 1.64. The lowest BCUT2D eigenvalue weighted by atomic mass is 9.33.